The Morgan fingerprint density at radius 3 is 2.35 bits per heavy atom. The molecule has 0 spiro atoms. The van der Waals surface area contributed by atoms with Crippen molar-refractivity contribution in [2.45, 2.75) is 52.2 Å². The lowest BCUT2D eigenvalue weighted by Gasteiger charge is -2.20. The van der Waals surface area contributed by atoms with E-state index in [1.807, 2.05) is 22.9 Å². The summed E-state index contributed by atoms with van der Waals surface area (Å²) in [5.74, 6) is 0.387. The minimum Gasteiger partial charge on any atom is -0.390 e. The van der Waals surface area contributed by atoms with Gasteiger partial charge in [0.15, 0.2) is 0 Å². The Kier molecular flexibility index (Phi) is 4.90. The van der Waals surface area contributed by atoms with E-state index in [9.17, 15) is 5.11 Å². The van der Waals surface area contributed by atoms with Crippen molar-refractivity contribution in [2.75, 3.05) is 0 Å². The average molecular weight is 273 g/mol. The number of aliphatic hydroxyl groups excluding tert-OH is 1. The van der Waals surface area contributed by atoms with Gasteiger partial charge in [0, 0.05) is 5.92 Å². The van der Waals surface area contributed by atoms with Gasteiger partial charge in [-0.1, -0.05) is 49.4 Å². The van der Waals surface area contributed by atoms with Crippen LogP contribution in [0.4, 0.5) is 0 Å². The lowest BCUT2D eigenvalue weighted by atomic mass is 9.96. The molecule has 0 radical (unpaired) electrons. The second kappa shape index (κ2) is 6.66. The fraction of sp³-hybridized carbons (Fsp3) is 0.500. The van der Waals surface area contributed by atoms with Gasteiger partial charge in [0.05, 0.1) is 18.3 Å². The van der Waals surface area contributed by atoms with E-state index in [2.05, 4.69) is 43.2 Å². The number of hydrogen-bond donors (Lipinski definition) is 1. The summed E-state index contributed by atoms with van der Waals surface area (Å²) in [7, 11) is 0. The maximum Gasteiger partial charge on any atom is 0.112 e. The summed E-state index contributed by atoms with van der Waals surface area (Å²) in [6.45, 7) is 6.41. The van der Waals surface area contributed by atoms with Crippen molar-refractivity contribution in [3.05, 3.63) is 47.3 Å². The van der Waals surface area contributed by atoms with Gasteiger partial charge in [-0.05, 0) is 25.3 Å². The zero-order valence-corrected chi connectivity index (χ0v) is 12.5. The zero-order chi connectivity index (χ0) is 14.5. The van der Waals surface area contributed by atoms with Crippen molar-refractivity contribution in [2.24, 2.45) is 0 Å². The highest BCUT2D eigenvalue weighted by atomic mass is 16.3. The van der Waals surface area contributed by atoms with Crippen LogP contribution in [-0.2, 0) is 6.61 Å². The number of nitrogens with zero attached hydrogens (tertiary/aromatic N) is 3. The molecule has 1 N–H and O–H groups in total. The third-order valence-electron chi connectivity index (χ3n) is 3.98. The van der Waals surface area contributed by atoms with Crippen molar-refractivity contribution < 1.29 is 5.11 Å². The van der Waals surface area contributed by atoms with Crippen LogP contribution in [0.2, 0.25) is 0 Å². The molecular formula is C16H23N3O. The van der Waals surface area contributed by atoms with E-state index >= 15 is 0 Å². The van der Waals surface area contributed by atoms with Crippen LogP contribution in [0.1, 0.15) is 62.5 Å². The van der Waals surface area contributed by atoms with E-state index in [1.165, 1.54) is 5.56 Å². The fourth-order valence-corrected chi connectivity index (χ4v) is 2.70. The molecule has 4 nitrogen and oxygen atoms in total. The molecule has 20 heavy (non-hydrogen) atoms. The van der Waals surface area contributed by atoms with E-state index in [0.29, 0.717) is 11.6 Å². The number of benzene rings is 1. The van der Waals surface area contributed by atoms with E-state index in [-0.39, 0.29) is 12.6 Å². The molecule has 1 heterocycles. The lowest BCUT2D eigenvalue weighted by molar-refractivity contribution is 0.274. The Morgan fingerprint density at radius 2 is 1.80 bits per heavy atom. The molecule has 2 aromatic rings. The second-order valence-electron chi connectivity index (χ2n) is 5.12. The Hall–Kier alpha value is -1.68. The third kappa shape index (κ3) is 2.75. The number of rotatable bonds is 6. The van der Waals surface area contributed by atoms with Gasteiger partial charge in [0.1, 0.15) is 5.69 Å². The molecule has 0 bridgehead atoms. The second-order valence-corrected chi connectivity index (χ2v) is 5.12. The molecule has 0 saturated carbocycles. The highest BCUT2D eigenvalue weighted by Gasteiger charge is 2.23. The first-order valence-electron chi connectivity index (χ1n) is 7.32. The molecule has 0 aliphatic carbocycles. The summed E-state index contributed by atoms with van der Waals surface area (Å²) in [5.41, 5.74) is 2.99. The molecule has 0 aliphatic rings. The average Bonchev–Trinajstić information content (AvgIpc) is 2.92. The van der Waals surface area contributed by atoms with Crippen LogP contribution >= 0.6 is 0 Å². The Bertz CT molecular complexity index is 532. The predicted octanol–water partition coefficient (Wildman–Crippen LogP) is 3.28. The van der Waals surface area contributed by atoms with Gasteiger partial charge in [0.25, 0.3) is 0 Å². The van der Waals surface area contributed by atoms with Crippen LogP contribution in [0.3, 0.4) is 0 Å². The van der Waals surface area contributed by atoms with Gasteiger partial charge >= 0.3 is 0 Å². The maximum atomic E-state index is 9.51. The fourth-order valence-electron chi connectivity index (χ4n) is 2.70. The quantitative estimate of drug-likeness (QED) is 0.878. The van der Waals surface area contributed by atoms with Crippen molar-refractivity contribution in [3.63, 3.8) is 0 Å². The van der Waals surface area contributed by atoms with Crippen LogP contribution in [0.15, 0.2) is 30.3 Å². The van der Waals surface area contributed by atoms with Crippen molar-refractivity contribution in [3.8, 4) is 0 Å². The first kappa shape index (κ1) is 14.7. The molecule has 4 heteroatoms. The standard InChI is InChI=1S/C16H23N3O/c1-4-13(5-2)16-15(11-20)17-18-19(16)12(3)14-9-7-6-8-10-14/h6-10,12-13,20H,4-5,11H2,1-3H3. The molecule has 1 aromatic carbocycles. The van der Waals surface area contributed by atoms with Gasteiger partial charge in [-0.25, -0.2) is 4.68 Å². The van der Waals surface area contributed by atoms with Crippen molar-refractivity contribution >= 4 is 0 Å². The van der Waals surface area contributed by atoms with Gasteiger partial charge in [0.2, 0.25) is 0 Å². The van der Waals surface area contributed by atoms with Crippen LogP contribution < -0.4 is 0 Å². The third-order valence-corrected chi connectivity index (χ3v) is 3.98. The largest absolute Gasteiger partial charge is 0.390 e. The van der Waals surface area contributed by atoms with Gasteiger partial charge in [-0.2, -0.15) is 0 Å². The van der Waals surface area contributed by atoms with Crippen molar-refractivity contribution in [1.29, 1.82) is 0 Å². The van der Waals surface area contributed by atoms with Crippen molar-refractivity contribution in [1.82, 2.24) is 15.0 Å². The maximum absolute atomic E-state index is 9.51. The Labute approximate surface area is 120 Å². The topological polar surface area (TPSA) is 50.9 Å². The number of aromatic nitrogens is 3. The monoisotopic (exact) mass is 273 g/mol. The first-order valence-corrected chi connectivity index (χ1v) is 7.32. The first-order chi connectivity index (χ1) is 9.72. The van der Waals surface area contributed by atoms with E-state index in [4.69, 9.17) is 0 Å². The van der Waals surface area contributed by atoms with Gasteiger partial charge < -0.3 is 5.11 Å². The summed E-state index contributed by atoms with van der Waals surface area (Å²) in [5, 5.41) is 18.0. The number of aliphatic hydroxyl groups is 1. The Balaban J connectivity index is 2.44. The van der Waals surface area contributed by atoms with E-state index in [0.717, 1.165) is 18.5 Å². The smallest absolute Gasteiger partial charge is 0.112 e. The van der Waals surface area contributed by atoms with Crippen LogP contribution in [-0.4, -0.2) is 20.1 Å². The summed E-state index contributed by atoms with van der Waals surface area (Å²) < 4.78 is 1.97. The molecular weight excluding hydrogens is 250 g/mol. The summed E-state index contributed by atoms with van der Waals surface area (Å²) in [6, 6.07) is 10.4. The minimum absolute atomic E-state index is 0.0483. The molecule has 0 aliphatic heterocycles. The van der Waals surface area contributed by atoms with Gasteiger partial charge in [-0.15, -0.1) is 5.10 Å². The summed E-state index contributed by atoms with van der Waals surface area (Å²) in [4.78, 5) is 0. The molecule has 0 fully saturated rings. The van der Waals surface area contributed by atoms with Crippen LogP contribution in [0.25, 0.3) is 0 Å². The molecule has 0 saturated heterocycles. The molecule has 1 unspecified atom stereocenters. The summed E-state index contributed by atoms with van der Waals surface area (Å²) >= 11 is 0. The Morgan fingerprint density at radius 1 is 1.15 bits per heavy atom. The lowest BCUT2D eigenvalue weighted by Crippen LogP contribution is -2.15. The van der Waals surface area contributed by atoms with E-state index < -0.39 is 0 Å². The molecule has 108 valence electrons. The summed E-state index contributed by atoms with van der Waals surface area (Å²) in [6.07, 6.45) is 2.05. The highest BCUT2D eigenvalue weighted by molar-refractivity contribution is 5.22. The molecule has 2 rings (SSSR count). The van der Waals surface area contributed by atoms with Gasteiger partial charge in [-0.3, -0.25) is 0 Å². The highest BCUT2D eigenvalue weighted by Crippen LogP contribution is 2.29. The zero-order valence-electron chi connectivity index (χ0n) is 12.5. The van der Waals surface area contributed by atoms with E-state index in [1.54, 1.807) is 0 Å². The normalized spacial score (nSPS) is 12.8. The molecule has 0 amide bonds. The van der Waals surface area contributed by atoms with Crippen LogP contribution in [0.5, 0.6) is 0 Å². The SMILES string of the molecule is CCC(CC)c1c(CO)nnn1C(C)c1ccccc1. The molecule has 1 atom stereocenters. The minimum atomic E-state index is -0.0483. The number of hydrogen-bond acceptors (Lipinski definition) is 3. The molecule has 1 aromatic heterocycles. The van der Waals surface area contributed by atoms with Crippen LogP contribution in [0, 0.1) is 0 Å². The predicted molar refractivity (Wildman–Crippen MR) is 79.5 cm³/mol.